The minimum absolute atomic E-state index is 0.249. The number of rotatable bonds is 12. The van der Waals surface area contributed by atoms with E-state index in [4.69, 9.17) is 9.15 Å². The van der Waals surface area contributed by atoms with Crippen molar-refractivity contribution in [3.63, 3.8) is 0 Å². The maximum Gasteiger partial charge on any atom is 0.335 e. The number of anilines is 2. The number of ether oxygens (including phenoxy) is 1. The first-order valence-electron chi connectivity index (χ1n) is 16.5. The number of nitrogens with one attached hydrogen (secondary N) is 1. The molecule has 1 aliphatic heterocycles. The predicted molar refractivity (Wildman–Crippen MR) is 184 cm³/mol. The van der Waals surface area contributed by atoms with Crippen molar-refractivity contribution >= 4 is 61.1 Å². The maximum absolute atomic E-state index is 11.5. The molecular weight excluding hydrogens is 562 g/mol. The Hall–Kier alpha value is -4.65. The molecule has 1 unspecified atom stereocenters. The van der Waals surface area contributed by atoms with Gasteiger partial charge in [0.1, 0.15) is 11.3 Å². The molecule has 7 nitrogen and oxygen atoms in total. The van der Waals surface area contributed by atoms with Crippen molar-refractivity contribution in [2.45, 2.75) is 72.1 Å². The molecule has 4 aromatic carbocycles. The number of carbonyl (C=O) groups is 1. The van der Waals surface area contributed by atoms with Gasteiger partial charge in [0.25, 0.3) is 0 Å². The number of aryl methyl sites for hydroxylation is 1. The third-order valence-corrected chi connectivity index (χ3v) is 9.20. The number of fused-ring (bicyclic) bond motifs is 10. The number of carboxylic acid groups (broad SMARTS) is 1. The third kappa shape index (κ3) is 4.95. The van der Waals surface area contributed by atoms with Crippen molar-refractivity contribution < 1.29 is 19.1 Å². The lowest BCUT2D eigenvalue weighted by Crippen LogP contribution is -2.25. The second-order valence-electron chi connectivity index (χ2n) is 12.2. The van der Waals surface area contributed by atoms with Gasteiger partial charge in [0.2, 0.25) is 0 Å². The number of aromatic carboxylic acids is 1. The number of aromatic nitrogens is 1. The SMILES string of the molecule is CCCCN(CCCC)c1ccc2c(c1)oc1c3c(c4c(c5ccccc5n4CCCC)c12)NC(c1ccc(C(=O)O)cc1)O3. The minimum Gasteiger partial charge on any atom is -0.478 e. The van der Waals surface area contributed by atoms with Gasteiger partial charge in [-0.15, -0.1) is 0 Å². The molecule has 7 rings (SSSR count). The van der Waals surface area contributed by atoms with Crippen molar-refractivity contribution in [3.8, 4) is 5.75 Å². The zero-order valence-corrected chi connectivity index (χ0v) is 26.4. The molecule has 0 saturated heterocycles. The Bertz CT molecular complexity index is 2010. The van der Waals surface area contributed by atoms with E-state index in [1.807, 2.05) is 12.1 Å². The fourth-order valence-electron chi connectivity index (χ4n) is 6.82. The summed E-state index contributed by atoms with van der Waals surface area (Å²) >= 11 is 0. The first-order chi connectivity index (χ1) is 22.0. The standard InChI is InChI=1S/C38H41N3O4/c1-4-7-20-40(21-8-5-2)26-18-19-28-30(23-26)44-35-32(28)31-27-12-10-11-13-29(27)41(22-9-6-3)34(31)33-36(35)45-37(39-33)24-14-16-25(17-15-24)38(42)43/h10-19,23,37,39H,4-9,20-22H2,1-3H3,(H,42,43). The zero-order valence-electron chi connectivity index (χ0n) is 26.4. The van der Waals surface area contributed by atoms with Gasteiger partial charge in [0.05, 0.1) is 11.1 Å². The Morgan fingerprint density at radius 3 is 2.33 bits per heavy atom. The van der Waals surface area contributed by atoms with E-state index in [9.17, 15) is 9.90 Å². The van der Waals surface area contributed by atoms with Crippen LogP contribution in [0, 0.1) is 0 Å². The first-order valence-corrected chi connectivity index (χ1v) is 16.5. The zero-order chi connectivity index (χ0) is 31.1. The fraction of sp³-hybridized carbons (Fsp3) is 0.342. The first kappa shape index (κ1) is 29.1. The van der Waals surface area contributed by atoms with Gasteiger partial charge in [-0.3, -0.25) is 0 Å². The van der Waals surface area contributed by atoms with Crippen LogP contribution in [0.5, 0.6) is 5.75 Å². The van der Waals surface area contributed by atoms with Crippen LogP contribution in [0.4, 0.5) is 11.4 Å². The molecule has 0 fully saturated rings. The van der Waals surface area contributed by atoms with Crippen LogP contribution in [0.25, 0.3) is 43.7 Å². The molecule has 6 aromatic rings. The topological polar surface area (TPSA) is 79.9 Å². The second-order valence-corrected chi connectivity index (χ2v) is 12.2. The lowest BCUT2D eigenvalue weighted by atomic mass is 10.0. The molecule has 1 aliphatic rings. The Morgan fingerprint density at radius 2 is 1.62 bits per heavy atom. The van der Waals surface area contributed by atoms with Crippen LogP contribution in [-0.4, -0.2) is 28.7 Å². The summed E-state index contributed by atoms with van der Waals surface area (Å²) in [6.45, 7) is 9.66. The van der Waals surface area contributed by atoms with Gasteiger partial charge >= 0.3 is 5.97 Å². The second kappa shape index (κ2) is 12.0. The van der Waals surface area contributed by atoms with E-state index in [-0.39, 0.29) is 5.56 Å². The summed E-state index contributed by atoms with van der Waals surface area (Å²) in [6, 6.07) is 22.2. The molecule has 0 saturated carbocycles. The van der Waals surface area contributed by atoms with Crippen molar-refractivity contribution in [3.05, 3.63) is 77.9 Å². The van der Waals surface area contributed by atoms with Gasteiger partial charge in [-0.1, -0.05) is 70.4 Å². The molecule has 0 radical (unpaired) electrons. The molecule has 232 valence electrons. The van der Waals surface area contributed by atoms with E-state index in [0.717, 1.165) is 96.9 Å². The van der Waals surface area contributed by atoms with Crippen LogP contribution in [0.1, 0.15) is 81.4 Å². The summed E-state index contributed by atoms with van der Waals surface area (Å²) in [6.07, 6.45) is 6.30. The molecule has 0 spiro atoms. The quantitative estimate of drug-likeness (QED) is 0.145. The molecule has 2 N–H and O–H groups in total. The summed E-state index contributed by atoms with van der Waals surface area (Å²) in [5.41, 5.74) is 7.14. The van der Waals surface area contributed by atoms with E-state index in [0.29, 0.717) is 5.75 Å². The summed E-state index contributed by atoms with van der Waals surface area (Å²) < 4.78 is 15.9. The molecule has 1 atom stereocenters. The van der Waals surface area contributed by atoms with Gasteiger partial charge in [0, 0.05) is 64.0 Å². The number of unbranched alkanes of at least 4 members (excludes halogenated alkanes) is 3. The van der Waals surface area contributed by atoms with Gasteiger partial charge < -0.3 is 29.0 Å². The summed E-state index contributed by atoms with van der Waals surface area (Å²) in [5, 5.41) is 17.6. The Labute approximate surface area is 263 Å². The van der Waals surface area contributed by atoms with Gasteiger partial charge in [0.15, 0.2) is 17.6 Å². The van der Waals surface area contributed by atoms with Crippen LogP contribution >= 0.6 is 0 Å². The van der Waals surface area contributed by atoms with Crippen molar-refractivity contribution in [1.29, 1.82) is 0 Å². The highest BCUT2D eigenvalue weighted by Crippen LogP contribution is 2.53. The van der Waals surface area contributed by atoms with Crippen LogP contribution in [-0.2, 0) is 6.54 Å². The summed E-state index contributed by atoms with van der Waals surface area (Å²) in [7, 11) is 0. The highest BCUT2D eigenvalue weighted by molar-refractivity contribution is 6.31. The minimum atomic E-state index is -0.946. The summed E-state index contributed by atoms with van der Waals surface area (Å²) in [5.74, 6) is -0.240. The predicted octanol–water partition coefficient (Wildman–Crippen LogP) is 10.1. The third-order valence-electron chi connectivity index (χ3n) is 9.20. The number of benzene rings is 4. The fourth-order valence-corrected chi connectivity index (χ4v) is 6.82. The Balaban J connectivity index is 1.46. The Kier molecular flexibility index (Phi) is 7.78. The number of furan rings is 1. The number of hydrogen-bond acceptors (Lipinski definition) is 5. The maximum atomic E-state index is 11.5. The van der Waals surface area contributed by atoms with E-state index in [1.165, 1.54) is 22.0 Å². The van der Waals surface area contributed by atoms with Crippen molar-refractivity contribution in [2.24, 2.45) is 0 Å². The largest absolute Gasteiger partial charge is 0.478 e. The molecule has 45 heavy (non-hydrogen) atoms. The van der Waals surface area contributed by atoms with E-state index in [2.05, 4.69) is 78.0 Å². The average Bonchev–Trinajstić information content (AvgIpc) is 3.75. The monoisotopic (exact) mass is 603 g/mol. The van der Waals surface area contributed by atoms with E-state index >= 15 is 0 Å². The van der Waals surface area contributed by atoms with Crippen LogP contribution < -0.4 is 15.0 Å². The van der Waals surface area contributed by atoms with Gasteiger partial charge in [-0.05, 0) is 49.6 Å². The van der Waals surface area contributed by atoms with Crippen LogP contribution in [0.2, 0.25) is 0 Å². The van der Waals surface area contributed by atoms with Crippen LogP contribution in [0.15, 0.2) is 71.1 Å². The molecule has 2 aromatic heterocycles. The molecule has 0 aliphatic carbocycles. The van der Waals surface area contributed by atoms with E-state index in [1.54, 1.807) is 12.1 Å². The average molecular weight is 604 g/mol. The molecule has 3 heterocycles. The number of carboxylic acids is 1. The van der Waals surface area contributed by atoms with Crippen molar-refractivity contribution in [2.75, 3.05) is 23.3 Å². The molecular formula is C38H41N3O4. The summed E-state index contributed by atoms with van der Waals surface area (Å²) in [4.78, 5) is 14.0. The lowest BCUT2D eigenvalue weighted by Gasteiger charge is -2.24. The van der Waals surface area contributed by atoms with Gasteiger partial charge in [-0.2, -0.15) is 0 Å². The van der Waals surface area contributed by atoms with Crippen LogP contribution in [0.3, 0.4) is 0 Å². The smallest absolute Gasteiger partial charge is 0.335 e. The number of para-hydroxylation sites is 1. The molecule has 0 amide bonds. The normalized spacial score (nSPS) is 14.3. The highest BCUT2D eigenvalue weighted by atomic mass is 16.5. The number of hydrogen-bond donors (Lipinski definition) is 2. The molecule has 7 heteroatoms. The van der Waals surface area contributed by atoms with E-state index < -0.39 is 12.2 Å². The lowest BCUT2D eigenvalue weighted by molar-refractivity contribution is 0.0696. The Morgan fingerprint density at radius 1 is 0.889 bits per heavy atom. The number of nitrogens with zero attached hydrogens (tertiary/aromatic N) is 2. The highest BCUT2D eigenvalue weighted by Gasteiger charge is 2.34. The van der Waals surface area contributed by atoms with Crippen molar-refractivity contribution in [1.82, 2.24) is 4.57 Å². The molecule has 0 bridgehead atoms. The van der Waals surface area contributed by atoms with Gasteiger partial charge in [-0.25, -0.2) is 4.79 Å².